The Morgan fingerprint density at radius 1 is 1.06 bits per heavy atom. The van der Waals surface area contributed by atoms with Crippen LogP contribution in [0.5, 0.6) is 0 Å². The van der Waals surface area contributed by atoms with Crippen LogP contribution in [0.25, 0.3) is 0 Å². The molecule has 5 nitrogen and oxygen atoms in total. The molecule has 0 aromatic heterocycles. The lowest BCUT2D eigenvalue weighted by Gasteiger charge is -2.19. The van der Waals surface area contributed by atoms with Crippen molar-refractivity contribution in [3.63, 3.8) is 0 Å². The van der Waals surface area contributed by atoms with Gasteiger partial charge in [-0.15, -0.1) is 0 Å². The standard InChI is InChI=1S/C29H27N3O2S/c1-19(2)22-12-14-24(15-13-22)32-28(34)26(17-21-9-5-4-6-10-21)35-29(32)25(18-30)27(33)31-23-11-7-8-20(3)16-23/h4-16,19,26H,17H2,1-3H3,(H,31,33)/b29-25-. The van der Waals surface area contributed by atoms with E-state index in [1.54, 1.807) is 6.07 Å². The molecule has 3 aromatic carbocycles. The number of carbonyl (C=O) groups excluding carboxylic acids is 2. The van der Waals surface area contributed by atoms with Crippen molar-refractivity contribution in [1.29, 1.82) is 5.26 Å². The quantitative estimate of drug-likeness (QED) is 0.337. The molecule has 0 spiro atoms. The number of rotatable bonds is 6. The number of aryl methyl sites for hydroxylation is 1. The van der Waals surface area contributed by atoms with Crippen LogP contribution in [0.1, 0.15) is 36.5 Å². The first-order valence-corrected chi connectivity index (χ1v) is 12.4. The van der Waals surface area contributed by atoms with Gasteiger partial charge in [-0.05, 0) is 60.2 Å². The summed E-state index contributed by atoms with van der Waals surface area (Å²) in [6.45, 7) is 6.15. The molecule has 4 rings (SSSR count). The van der Waals surface area contributed by atoms with Gasteiger partial charge in [-0.1, -0.05) is 80.2 Å². The number of nitrogens with zero attached hydrogens (tertiary/aromatic N) is 2. The summed E-state index contributed by atoms with van der Waals surface area (Å²) >= 11 is 1.27. The van der Waals surface area contributed by atoms with E-state index in [1.807, 2.05) is 79.7 Å². The third-order valence-electron chi connectivity index (χ3n) is 5.86. The van der Waals surface area contributed by atoms with Gasteiger partial charge < -0.3 is 5.32 Å². The van der Waals surface area contributed by atoms with Crippen molar-refractivity contribution < 1.29 is 9.59 Å². The van der Waals surface area contributed by atoms with E-state index < -0.39 is 11.2 Å². The van der Waals surface area contributed by atoms with Gasteiger partial charge in [0.05, 0.1) is 5.25 Å². The van der Waals surface area contributed by atoms with Crippen molar-refractivity contribution in [2.45, 2.75) is 38.4 Å². The van der Waals surface area contributed by atoms with Crippen LogP contribution in [0, 0.1) is 18.3 Å². The molecule has 35 heavy (non-hydrogen) atoms. The summed E-state index contributed by atoms with van der Waals surface area (Å²) in [6, 6.07) is 27.0. The summed E-state index contributed by atoms with van der Waals surface area (Å²) in [6.07, 6.45) is 0.507. The van der Waals surface area contributed by atoms with Gasteiger partial charge in [-0.25, -0.2) is 0 Å². The number of thioether (sulfide) groups is 1. The fourth-order valence-corrected chi connectivity index (χ4v) is 5.28. The van der Waals surface area contributed by atoms with Gasteiger partial charge in [-0.2, -0.15) is 5.26 Å². The number of anilines is 2. The van der Waals surface area contributed by atoms with E-state index in [0.29, 0.717) is 28.7 Å². The smallest absolute Gasteiger partial charge is 0.269 e. The first kappa shape index (κ1) is 24.3. The predicted molar refractivity (Wildman–Crippen MR) is 142 cm³/mol. The van der Waals surface area contributed by atoms with Crippen LogP contribution >= 0.6 is 11.8 Å². The SMILES string of the molecule is Cc1cccc(NC(=O)/C(C#N)=C2\SC(Cc3ccccc3)C(=O)N2c2ccc(C(C)C)cc2)c1. The van der Waals surface area contributed by atoms with Crippen molar-refractivity contribution in [1.82, 2.24) is 0 Å². The molecule has 6 heteroatoms. The van der Waals surface area contributed by atoms with Crippen molar-refractivity contribution in [3.8, 4) is 6.07 Å². The molecular weight excluding hydrogens is 454 g/mol. The zero-order valence-corrected chi connectivity index (χ0v) is 20.8. The van der Waals surface area contributed by atoms with Crippen LogP contribution in [0.3, 0.4) is 0 Å². The number of hydrogen-bond donors (Lipinski definition) is 1. The molecule has 2 amide bonds. The lowest BCUT2D eigenvalue weighted by atomic mass is 10.0. The summed E-state index contributed by atoms with van der Waals surface area (Å²) in [5, 5.41) is 12.8. The normalized spacial score (nSPS) is 16.8. The van der Waals surface area contributed by atoms with E-state index in [9.17, 15) is 14.9 Å². The maximum Gasteiger partial charge on any atom is 0.269 e. The van der Waals surface area contributed by atoms with E-state index in [2.05, 4.69) is 25.2 Å². The molecule has 3 aromatic rings. The molecule has 1 N–H and O–H groups in total. The van der Waals surface area contributed by atoms with Gasteiger partial charge in [0.25, 0.3) is 5.91 Å². The van der Waals surface area contributed by atoms with Gasteiger partial charge in [0.2, 0.25) is 5.91 Å². The highest BCUT2D eigenvalue weighted by molar-refractivity contribution is 8.05. The fourth-order valence-electron chi connectivity index (χ4n) is 3.97. The van der Waals surface area contributed by atoms with Crippen molar-refractivity contribution in [3.05, 3.63) is 106 Å². The van der Waals surface area contributed by atoms with Gasteiger partial charge in [0.1, 0.15) is 16.7 Å². The highest BCUT2D eigenvalue weighted by Gasteiger charge is 2.40. The van der Waals surface area contributed by atoms with Crippen LogP contribution in [0.2, 0.25) is 0 Å². The van der Waals surface area contributed by atoms with Gasteiger partial charge in [-0.3, -0.25) is 14.5 Å². The maximum atomic E-state index is 13.6. The number of nitrogens with one attached hydrogen (secondary N) is 1. The summed E-state index contributed by atoms with van der Waals surface area (Å²) < 4.78 is 0. The van der Waals surface area contributed by atoms with E-state index in [4.69, 9.17) is 0 Å². The molecule has 1 fully saturated rings. The molecule has 0 bridgehead atoms. The minimum absolute atomic E-state index is 0.0756. The van der Waals surface area contributed by atoms with E-state index in [0.717, 1.165) is 16.7 Å². The molecule has 1 aliphatic heterocycles. The second-order valence-electron chi connectivity index (χ2n) is 8.83. The lowest BCUT2D eigenvalue weighted by Crippen LogP contribution is -2.31. The summed E-state index contributed by atoms with van der Waals surface area (Å²) in [5.74, 6) is -0.317. The highest BCUT2D eigenvalue weighted by atomic mass is 32.2. The van der Waals surface area contributed by atoms with Crippen LogP contribution in [-0.4, -0.2) is 17.1 Å². The molecular formula is C29H27N3O2S. The van der Waals surface area contributed by atoms with E-state index in [-0.39, 0.29) is 11.5 Å². The highest BCUT2D eigenvalue weighted by Crippen LogP contribution is 2.42. The van der Waals surface area contributed by atoms with Crippen molar-refractivity contribution >= 4 is 35.0 Å². The van der Waals surface area contributed by atoms with Gasteiger partial charge in [0.15, 0.2) is 0 Å². The predicted octanol–water partition coefficient (Wildman–Crippen LogP) is 6.18. The minimum Gasteiger partial charge on any atom is -0.321 e. The summed E-state index contributed by atoms with van der Waals surface area (Å²) in [5.41, 5.74) is 4.34. The average Bonchev–Trinajstić information content (AvgIpc) is 3.15. The molecule has 1 unspecified atom stereocenters. The van der Waals surface area contributed by atoms with Crippen LogP contribution in [0.4, 0.5) is 11.4 Å². The Kier molecular flexibility index (Phi) is 7.38. The Hall–Kier alpha value is -3.82. The van der Waals surface area contributed by atoms with Crippen LogP contribution in [-0.2, 0) is 16.0 Å². The molecule has 176 valence electrons. The number of hydrogen-bond acceptors (Lipinski definition) is 4. The fraction of sp³-hybridized carbons (Fsp3) is 0.207. The maximum absolute atomic E-state index is 13.6. The molecule has 1 aliphatic rings. The molecule has 1 saturated heterocycles. The largest absolute Gasteiger partial charge is 0.321 e. The number of carbonyl (C=O) groups is 2. The number of amides is 2. The van der Waals surface area contributed by atoms with Gasteiger partial charge >= 0.3 is 0 Å². The molecule has 0 aliphatic carbocycles. The third-order valence-corrected chi connectivity index (χ3v) is 7.13. The van der Waals surface area contributed by atoms with Crippen molar-refractivity contribution in [2.24, 2.45) is 0 Å². The Bertz CT molecular complexity index is 1310. The monoisotopic (exact) mass is 481 g/mol. The first-order chi connectivity index (χ1) is 16.9. The lowest BCUT2D eigenvalue weighted by molar-refractivity contribution is -0.117. The Morgan fingerprint density at radius 2 is 1.77 bits per heavy atom. The average molecular weight is 482 g/mol. The minimum atomic E-state index is -0.530. The topological polar surface area (TPSA) is 73.2 Å². The molecule has 1 heterocycles. The van der Waals surface area contributed by atoms with E-state index in [1.165, 1.54) is 16.7 Å². The molecule has 0 saturated carbocycles. The Labute approximate surface area is 210 Å². The second-order valence-corrected chi connectivity index (χ2v) is 10.0. The summed E-state index contributed by atoms with van der Waals surface area (Å²) in [4.78, 5) is 28.3. The Balaban J connectivity index is 1.73. The van der Waals surface area contributed by atoms with Crippen LogP contribution in [0.15, 0.2) is 89.5 Å². The second kappa shape index (κ2) is 10.6. The van der Waals surface area contributed by atoms with Crippen molar-refractivity contribution in [2.75, 3.05) is 10.2 Å². The van der Waals surface area contributed by atoms with Gasteiger partial charge in [0, 0.05) is 11.4 Å². The van der Waals surface area contributed by atoms with E-state index >= 15 is 0 Å². The third kappa shape index (κ3) is 5.47. The number of nitriles is 1. The molecule has 0 radical (unpaired) electrons. The Morgan fingerprint density at radius 3 is 2.40 bits per heavy atom. The first-order valence-electron chi connectivity index (χ1n) is 11.5. The zero-order valence-electron chi connectivity index (χ0n) is 20.0. The molecule has 1 atom stereocenters. The zero-order chi connectivity index (χ0) is 24.9. The number of benzene rings is 3. The summed E-state index contributed by atoms with van der Waals surface area (Å²) in [7, 11) is 0. The van der Waals surface area contributed by atoms with Crippen LogP contribution < -0.4 is 10.2 Å².